The van der Waals surface area contributed by atoms with E-state index in [-0.39, 0.29) is 18.1 Å². The number of ether oxygens (including phenoxy) is 2. The van der Waals surface area contributed by atoms with Crippen LogP contribution in [0.3, 0.4) is 0 Å². The van der Waals surface area contributed by atoms with Crippen molar-refractivity contribution in [1.29, 1.82) is 0 Å². The van der Waals surface area contributed by atoms with E-state index in [1.807, 2.05) is 0 Å². The number of nitrogens with zero attached hydrogens (tertiary/aromatic N) is 1. The van der Waals surface area contributed by atoms with Gasteiger partial charge in [0, 0.05) is 6.54 Å². The summed E-state index contributed by atoms with van der Waals surface area (Å²) in [5.74, 6) is -0.290. The Labute approximate surface area is 103 Å². The van der Waals surface area contributed by atoms with E-state index in [0.717, 1.165) is 0 Å². The van der Waals surface area contributed by atoms with Gasteiger partial charge < -0.3 is 14.4 Å². The summed E-state index contributed by atoms with van der Waals surface area (Å²) < 4.78 is 31.1. The van der Waals surface area contributed by atoms with Gasteiger partial charge in [-0.25, -0.2) is 13.2 Å². The van der Waals surface area contributed by atoms with Gasteiger partial charge in [0.05, 0.1) is 12.6 Å². The average Bonchev–Trinajstić information content (AvgIpc) is 2.60. The highest BCUT2D eigenvalue weighted by Gasteiger charge is 2.30. The van der Waals surface area contributed by atoms with E-state index in [1.165, 1.54) is 4.90 Å². The van der Waals surface area contributed by atoms with Gasteiger partial charge in [0.2, 0.25) is 0 Å². The molecule has 1 aliphatic heterocycles. The number of rotatable bonds is 3. The Bertz CT molecular complexity index is 339. The minimum atomic E-state index is -2.53. The molecule has 0 spiro atoms. The third-order valence-electron chi connectivity index (χ3n) is 2.21. The zero-order chi connectivity index (χ0) is 13.1. The second-order valence-electron chi connectivity index (χ2n) is 4.97. The first-order chi connectivity index (χ1) is 7.78. The summed E-state index contributed by atoms with van der Waals surface area (Å²) in [6.45, 7) is 6.33. The number of hydrogen-bond acceptors (Lipinski definition) is 5. The maximum Gasteiger partial charge on any atom is 0.410 e. The number of thiol groups is 1. The Morgan fingerprint density at radius 2 is 2.06 bits per heavy atom. The summed E-state index contributed by atoms with van der Waals surface area (Å²) in [5, 5.41) is 0. The minimum absolute atomic E-state index is 0.213. The lowest BCUT2D eigenvalue weighted by Crippen LogP contribution is -2.36. The predicted octanol–water partition coefficient (Wildman–Crippen LogP) is 0.581. The molecule has 1 saturated heterocycles. The van der Waals surface area contributed by atoms with Crippen LogP contribution in [-0.4, -0.2) is 50.1 Å². The Kier molecular flexibility index (Phi) is 4.76. The quantitative estimate of drug-likeness (QED) is 0.756. The third kappa shape index (κ3) is 5.36. The molecule has 1 amide bonds. The van der Waals surface area contributed by atoms with E-state index in [2.05, 4.69) is 0 Å². The van der Waals surface area contributed by atoms with Crippen LogP contribution in [0, 0.1) is 0 Å². The van der Waals surface area contributed by atoms with Gasteiger partial charge in [-0.3, -0.25) is 0 Å². The molecular weight excluding hydrogens is 246 g/mol. The molecule has 0 saturated carbocycles. The monoisotopic (exact) mass is 265 g/mol. The lowest BCUT2D eigenvalue weighted by molar-refractivity contribution is 0.0245. The van der Waals surface area contributed by atoms with Crippen molar-refractivity contribution in [2.75, 3.05) is 19.0 Å². The second kappa shape index (κ2) is 5.68. The molecule has 0 aromatic rings. The number of carbonyl (C=O) groups is 1. The number of likely N-dealkylation sites (tertiary alicyclic amines) is 1. The molecule has 1 atom stereocenters. The Balaban J connectivity index is 2.37. The molecule has 1 fully saturated rings. The molecule has 17 heavy (non-hydrogen) atoms. The molecule has 100 valence electrons. The first kappa shape index (κ1) is 14.2. The van der Waals surface area contributed by atoms with E-state index >= 15 is 0 Å². The zero-order valence-electron chi connectivity index (χ0n) is 10.3. The minimum Gasteiger partial charge on any atom is -0.444 e. The van der Waals surface area contributed by atoms with Gasteiger partial charge in [0.1, 0.15) is 11.5 Å². The van der Waals surface area contributed by atoms with Gasteiger partial charge in [-0.1, -0.05) is 0 Å². The molecule has 1 heterocycles. The van der Waals surface area contributed by atoms with Crippen molar-refractivity contribution < 1.29 is 22.7 Å². The lowest BCUT2D eigenvalue weighted by Gasteiger charge is -2.24. The second-order valence-corrected chi connectivity index (χ2v) is 5.89. The van der Waals surface area contributed by atoms with Crippen molar-refractivity contribution in [1.82, 2.24) is 4.90 Å². The first-order valence-electron chi connectivity index (χ1n) is 5.49. The molecule has 1 rings (SSSR count). The summed E-state index contributed by atoms with van der Waals surface area (Å²) in [4.78, 5) is 13.2. The van der Waals surface area contributed by atoms with Crippen LogP contribution < -0.4 is 0 Å². The Hall–Kier alpha value is -0.820. The first-order valence-corrected chi connectivity index (χ1v) is 6.85. The maximum atomic E-state index is 11.7. The third-order valence-corrected chi connectivity index (χ3v) is 2.57. The van der Waals surface area contributed by atoms with E-state index in [0.29, 0.717) is 19.5 Å². The fourth-order valence-electron chi connectivity index (χ4n) is 1.52. The van der Waals surface area contributed by atoms with E-state index in [9.17, 15) is 13.2 Å². The normalized spacial score (nSPS) is 20.9. The van der Waals surface area contributed by atoms with Crippen LogP contribution in [0.4, 0.5) is 4.79 Å². The molecule has 0 aliphatic carbocycles. The zero-order valence-corrected chi connectivity index (χ0v) is 11.2. The maximum absolute atomic E-state index is 11.7. The lowest BCUT2D eigenvalue weighted by atomic mass is 10.2. The summed E-state index contributed by atoms with van der Waals surface area (Å²) in [6, 6.07) is 0. The molecule has 1 aliphatic rings. The van der Waals surface area contributed by atoms with E-state index < -0.39 is 16.3 Å². The summed E-state index contributed by atoms with van der Waals surface area (Å²) in [5.41, 5.74) is -0.519. The van der Waals surface area contributed by atoms with Crippen molar-refractivity contribution in [2.45, 2.75) is 38.9 Å². The van der Waals surface area contributed by atoms with Crippen molar-refractivity contribution >= 4 is 16.8 Å². The largest absolute Gasteiger partial charge is 0.444 e. The van der Waals surface area contributed by atoms with Crippen LogP contribution in [0.15, 0.2) is 0 Å². The highest BCUT2D eigenvalue weighted by molar-refractivity contribution is 7.72. The van der Waals surface area contributed by atoms with Crippen LogP contribution in [0.2, 0.25) is 0 Å². The standard InChI is InChI=1S/C10H19NO5S/c1-10(2,3)16-9(12)11-5-4-8(6-11)15-7-17(13)14/h8,17H,4-7H2,1-3H3/t8-/m0/s1. The van der Waals surface area contributed by atoms with Crippen LogP contribution in [0.1, 0.15) is 27.2 Å². The summed E-state index contributed by atoms with van der Waals surface area (Å²) >= 11 is 0. The van der Waals surface area contributed by atoms with Crippen molar-refractivity contribution in [3.05, 3.63) is 0 Å². The molecule has 0 aromatic heterocycles. The van der Waals surface area contributed by atoms with Gasteiger partial charge in [0.15, 0.2) is 10.7 Å². The smallest absolute Gasteiger partial charge is 0.410 e. The van der Waals surface area contributed by atoms with E-state index in [1.54, 1.807) is 20.8 Å². The predicted molar refractivity (Wildman–Crippen MR) is 62.5 cm³/mol. The Morgan fingerprint density at radius 1 is 1.41 bits per heavy atom. The van der Waals surface area contributed by atoms with Crippen molar-refractivity contribution in [3.8, 4) is 0 Å². The number of carbonyl (C=O) groups excluding carboxylic acids is 1. The Morgan fingerprint density at radius 3 is 2.59 bits per heavy atom. The van der Waals surface area contributed by atoms with Gasteiger partial charge in [-0.05, 0) is 27.2 Å². The molecule has 0 N–H and O–H groups in total. The molecule has 0 bridgehead atoms. The number of hydrogen-bond donors (Lipinski definition) is 1. The van der Waals surface area contributed by atoms with Crippen LogP contribution in [0.25, 0.3) is 0 Å². The summed E-state index contributed by atoms with van der Waals surface area (Å²) in [7, 11) is -2.53. The highest BCUT2D eigenvalue weighted by Crippen LogP contribution is 2.16. The van der Waals surface area contributed by atoms with Gasteiger partial charge >= 0.3 is 6.09 Å². The molecule has 7 heteroatoms. The van der Waals surface area contributed by atoms with E-state index in [4.69, 9.17) is 9.47 Å². The summed E-state index contributed by atoms with van der Waals surface area (Å²) in [6.07, 6.45) is 0.0492. The van der Waals surface area contributed by atoms with Gasteiger partial charge in [-0.15, -0.1) is 0 Å². The fraction of sp³-hybridized carbons (Fsp3) is 0.900. The van der Waals surface area contributed by atoms with Crippen LogP contribution in [-0.2, 0) is 20.2 Å². The van der Waals surface area contributed by atoms with Gasteiger partial charge in [0.25, 0.3) is 0 Å². The van der Waals surface area contributed by atoms with Crippen molar-refractivity contribution in [3.63, 3.8) is 0 Å². The van der Waals surface area contributed by atoms with Crippen molar-refractivity contribution in [2.24, 2.45) is 0 Å². The number of amides is 1. The molecule has 6 nitrogen and oxygen atoms in total. The topological polar surface area (TPSA) is 72.9 Å². The van der Waals surface area contributed by atoms with Crippen LogP contribution >= 0.6 is 0 Å². The molecule has 0 unspecified atom stereocenters. The van der Waals surface area contributed by atoms with Crippen LogP contribution in [0.5, 0.6) is 0 Å². The molecule has 0 aromatic carbocycles. The molecule has 0 radical (unpaired) electrons. The average molecular weight is 265 g/mol. The highest BCUT2D eigenvalue weighted by atomic mass is 32.2. The SMILES string of the molecule is CC(C)(C)OC(=O)N1CC[C@H](OC[SH](=O)=O)C1. The van der Waals surface area contributed by atoms with Gasteiger partial charge in [-0.2, -0.15) is 0 Å². The molecular formula is C10H19NO5S. The fourth-order valence-corrected chi connectivity index (χ4v) is 1.86.